The second kappa shape index (κ2) is 36.9. The van der Waals surface area contributed by atoms with Crippen molar-refractivity contribution >= 4 is 0 Å². The van der Waals surface area contributed by atoms with Gasteiger partial charge in [-0.25, -0.2) is 0 Å². The van der Waals surface area contributed by atoms with Gasteiger partial charge in [0.1, 0.15) is 72.4 Å². The third kappa shape index (κ3) is 18.3. The number of benzene rings is 12. The predicted molar refractivity (Wildman–Crippen MR) is 434 cm³/mol. The highest BCUT2D eigenvalue weighted by Gasteiger charge is 2.35. The smallest absolute Gasteiger partial charge is 0.119 e. The van der Waals surface area contributed by atoms with Crippen molar-refractivity contribution in [3.8, 4) is 46.0 Å². The fourth-order valence-corrected chi connectivity index (χ4v) is 13.7. The first kappa shape index (κ1) is 75.2. The monoisotopic (exact) mass is 1400 g/mol. The van der Waals surface area contributed by atoms with E-state index in [0.717, 1.165) is 58.8 Å². The van der Waals surface area contributed by atoms with Gasteiger partial charge in [-0.3, -0.25) is 0 Å². The van der Waals surface area contributed by atoms with Gasteiger partial charge in [0.25, 0.3) is 0 Å². The largest absolute Gasteiger partial charge is 0.493 e. The Balaban J connectivity index is 0.000000212. The number of rotatable bonds is 36. The Kier molecular flexibility index (Phi) is 26.2. The molecule has 12 aromatic carbocycles. The molecule has 536 valence electrons. The van der Waals surface area contributed by atoms with E-state index in [0.29, 0.717) is 52.9 Å². The SMILES string of the molecule is C=CCOc1ccc(C(C)(c2ccccc2)c2ccc(OCCCOc3ccc(C(C)(c4ccccc4)c4ccc(OCC=C)cc4)cc3)cc2)cc1.C=CCOc1ccc(C(C)(c2ccccc2)c2ccc(OCCCOc3ccc(C(C)(c4ccccc4)c4ccc(OCC=C)cc4)cc3)cc2)cc1. The molecule has 0 aliphatic heterocycles. The van der Waals surface area contributed by atoms with E-state index in [2.05, 4.69) is 321 Å². The maximum Gasteiger partial charge on any atom is 0.119 e. The number of ether oxygens (including phenoxy) is 8. The molecule has 0 fully saturated rings. The second-order valence-electron chi connectivity index (χ2n) is 26.7. The van der Waals surface area contributed by atoms with Crippen molar-refractivity contribution in [2.75, 3.05) is 52.9 Å². The summed E-state index contributed by atoms with van der Waals surface area (Å²) < 4.78 is 47.6. The third-order valence-electron chi connectivity index (χ3n) is 20.0. The summed E-state index contributed by atoms with van der Waals surface area (Å²) in [6, 6.07) is 110. The summed E-state index contributed by atoms with van der Waals surface area (Å²) >= 11 is 0. The zero-order chi connectivity index (χ0) is 73.9. The van der Waals surface area contributed by atoms with Crippen LogP contribution in [0.5, 0.6) is 46.0 Å². The van der Waals surface area contributed by atoms with Crippen LogP contribution >= 0.6 is 0 Å². The molecule has 106 heavy (non-hydrogen) atoms. The summed E-state index contributed by atoms with van der Waals surface area (Å²) in [5.41, 5.74) is 12.9. The summed E-state index contributed by atoms with van der Waals surface area (Å²) in [5.74, 6) is 6.65. The van der Waals surface area contributed by atoms with Crippen LogP contribution in [0, 0.1) is 0 Å². The maximum atomic E-state index is 6.15. The Labute approximate surface area is 628 Å². The van der Waals surface area contributed by atoms with Gasteiger partial charge in [-0.2, -0.15) is 0 Å². The zero-order valence-corrected chi connectivity index (χ0v) is 61.5. The van der Waals surface area contributed by atoms with Gasteiger partial charge < -0.3 is 37.9 Å². The zero-order valence-electron chi connectivity index (χ0n) is 61.5. The Hall–Kier alpha value is -12.0. The van der Waals surface area contributed by atoms with Crippen LogP contribution < -0.4 is 37.9 Å². The van der Waals surface area contributed by atoms with E-state index in [4.69, 9.17) is 37.9 Å². The van der Waals surface area contributed by atoms with Gasteiger partial charge in [-0.1, -0.05) is 269 Å². The fourth-order valence-electron chi connectivity index (χ4n) is 13.7. The molecule has 0 saturated heterocycles. The van der Waals surface area contributed by atoms with Gasteiger partial charge in [0.05, 0.1) is 26.4 Å². The molecule has 0 heterocycles. The lowest BCUT2D eigenvalue weighted by atomic mass is 9.71. The van der Waals surface area contributed by atoms with E-state index in [-0.39, 0.29) is 21.7 Å². The summed E-state index contributed by atoms with van der Waals surface area (Å²) in [4.78, 5) is 0. The van der Waals surface area contributed by atoms with Crippen molar-refractivity contribution in [2.45, 2.75) is 62.2 Å². The van der Waals surface area contributed by atoms with E-state index in [1.165, 1.54) is 66.8 Å². The molecule has 8 heteroatoms. The van der Waals surface area contributed by atoms with Gasteiger partial charge in [0.2, 0.25) is 0 Å². The van der Waals surface area contributed by atoms with E-state index in [1.54, 1.807) is 24.3 Å². The molecule has 0 saturated carbocycles. The second-order valence-corrected chi connectivity index (χ2v) is 26.7. The molecule has 4 unspecified atom stereocenters. The van der Waals surface area contributed by atoms with Gasteiger partial charge in [-0.15, -0.1) is 0 Å². The molecule has 0 aliphatic rings. The Morgan fingerprint density at radius 2 is 0.321 bits per heavy atom. The molecule has 0 N–H and O–H groups in total. The molecular formula is C98H96O8. The third-order valence-corrected chi connectivity index (χ3v) is 20.0. The van der Waals surface area contributed by atoms with Crippen LogP contribution in [0.1, 0.15) is 107 Å². The molecule has 0 spiro atoms. The van der Waals surface area contributed by atoms with Crippen molar-refractivity contribution in [1.82, 2.24) is 0 Å². The first-order valence-corrected chi connectivity index (χ1v) is 36.4. The molecule has 0 radical (unpaired) electrons. The van der Waals surface area contributed by atoms with Crippen LogP contribution in [-0.4, -0.2) is 52.9 Å². The van der Waals surface area contributed by atoms with Crippen molar-refractivity contribution in [2.24, 2.45) is 0 Å². The van der Waals surface area contributed by atoms with Crippen LogP contribution in [0.2, 0.25) is 0 Å². The Morgan fingerprint density at radius 1 is 0.189 bits per heavy atom. The van der Waals surface area contributed by atoms with Gasteiger partial charge in [-0.05, 0) is 192 Å². The van der Waals surface area contributed by atoms with Gasteiger partial charge in [0.15, 0.2) is 0 Å². The average molecular weight is 1400 g/mol. The topological polar surface area (TPSA) is 73.8 Å². The molecule has 0 aliphatic carbocycles. The summed E-state index contributed by atoms with van der Waals surface area (Å²) in [6.45, 7) is 28.2. The van der Waals surface area contributed by atoms with Crippen molar-refractivity contribution in [1.29, 1.82) is 0 Å². The quantitative estimate of drug-likeness (QED) is 0.0218. The summed E-state index contributed by atoms with van der Waals surface area (Å²) in [5, 5.41) is 0. The number of hydrogen-bond donors (Lipinski definition) is 0. The minimum absolute atomic E-state index is 0.358. The summed E-state index contributed by atoms with van der Waals surface area (Å²) in [7, 11) is 0. The minimum atomic E-state index is -0.358. The molecule has 12 aromatic rings. The molecule has 0 amide bonds. The first-order chi connectivity index (χ1) is 51.9. The van der Waals surface area contributed by atoms with Crippen LogP contribution in [0.15, 0.2) is 366 Å². The van der Waals surface area contributed by atoms with Gasteiger partial charge >= 0.3 is 0 Å². The van der Waals surface area contributed by atoms with Crippen LogP contribution in [0.4, 0.5) is 0 Å². The van der Waals surface area contributed by atoms with Crippen LogP contribution in [0.3, 0.4) is 0 Å². The van der Waals surface area contributed by atoms with E-state index >= 15 is 0 Å². The standard InChI is InChI=1S/2C49H48O4/c2*1-5-34-50-44-26-18-40(19-27-44)48(3,38-14-9-7-10-15-38)42-22-30-46(31-23-42)52-36-13-37-53-47-32-24-43(25-33-47)49(4,39-16-11-8-12-17-39)41-20-28-45(29-21-41)51-35-6-2/h2*5-12,14-33H,1-2,13,34-37H2,3-4H3. The highest BCUT2D eigenvalue weighted by atomic mass is 16.5. The average Bonchev–Trinajstić information content (AvgIpc) is 0.787. The summed E-state index contributed by atoms with van der Waals surface area (Å²) in [6.07, 6.45) is 8.53. The van der Waals surface area contributed by atoms with Crippen molar-refractivity contribution in [3.63, 3.8) is 0 Å². The molecule has 0 bridgehead atoms. The molecule has 12 rings (SSSR count). The lowest BCUT2D eigenvalue weighted by molar-refractivity contribution is 0.247. The molecule has 4 atom stereocenters. The van der Waals surface area contributed by atoms with Crippen LogP contribution in [-0.2, 0) is 21.7 Å². The lowest BCUT2D eigenvalue weighted by Crippen LogP contribution is -2.25. The predicted octanol–water partition coefficient (Wildman–Crippen LogP) is 22.7. The first-order valence-electron chi connectivity index (χ1n) is 36.4. The molecular weight excluding hydrogens is 1310 g/mol. The lowest BCUT2D eigenvalue weighted by Gasteiger charge is -2.32. The van der Waals surface area contributed by atoms with Gasteiger partial charge in [0, 0.05) is 34.5 Å². The molecule has 0 aromatic heterocycles. The Bertz CT molecular complexity index is 4040. The van der Waals surface area contributed by atoms with Crippen molar-refractivity contribution < 1.29 is 37.9 Å². The van der Waals surface area contributed by atoms with E-state index in [1.807, 2.05) is 48.5 Å². The van der Waals surface area contributed by atoms with E-state index in [9.17, 15) is 0 Å². The highest BCUT2D eigenvalue weighted by Crippen LogP contribution is 2.45. The fraction of sp³-hybridized carbons (Fsp3) is 0.184. The van der Waals surface area contributed by atoms with Crippen LogP contribution in [0.25, 0.3) is 0 Å². The van der Waals surface area contributed by atoms with Crippen molar-refractivity contribution in [3.05, 3.63) is 433 Å². The number of hydrogen-bond acceptors (Lipinski definition) is 8. The normalized spacial score (nSPS) is 13.2. The minimum Gasteiger partial charge on any atom is -0.493 e. The maximum absolute atomic E-state index is 6.15. The molecule has 8 nitrogen and oxygen atoms in total. The Morgan fingerprint density at radius 3 is 0.462 bits per heavy atom. The highest BCUT2D eigenvalue weighted by molar-refractivity contribution is 5.56. The van der Waals surface area contributed by atoms with E-state index < -0.39 is 0 Å².